The maximum absolute atomic E-state index is 12.0. The fourth-order valence-electron chi connectivity index (χ4n) is 2.39. The van der Waals surface area contributed by atoms with E-state index in [1.807, 2.05) is 6.92 Å². The van der Waals surface area contributed by atoms with Crippen LogP contribution in [0, 0.1) is 5.92 Å². The van der Waals surface area contributed by atoms with E-state index < -0.39 is 0 Å². The second kappa shape index (κ2) is 6.97. The Morgan fingerprint density at radius 2 is 2.12 bits per heavy atom. The first kappa shape index (κ1) is 14.5. The molecule has 17 heavy (non-hydrogen) atoms. The lowest BCUT2D eigenvalue weighted by Gasteiger charge is -2.38. The lowest BCUT2D eigenvalue weighted by molar-refractivity contribution is -0.127. The molecule has 0 aromatic heterocycles. The van der Waals surface area contributed by atoms with Crippen molar-refractivity contribution in [3.8, 4) is 0 Å². The summed E-state index contributed by atoms with van der Waals surface area (Å²) in [4.78, 5) is 14.3. The minimum atomic E-state index is -0.0531. The Kier molecular flexibility index (Phi) is 5.92. The van der Waals surface area contributed by atoms with Gasteiger partial charge in [-0.15, -0.1) is 0 Å². The van der Waals surface area contributed by atoms with E-state index >= 15 is 0 Å². The van der Waals surface area contributed by atoms with Crippen molar-refractivity contribution >= 4 is 5.91 Å². The Bertz CT molecular complexity index is 243. The number of carbonyl (C=O) groups excluding carboxylic acids is 1. The van der Waals surface area contributed by atoms with Gasteiger partial charge in [0.2, 0.25) is 5.91 Å². The van der Waals surface area contributed by atoms with Crippen LogP contribution in [0.4, 0.5) is 0 Å². The zero-order valence-corrected chi connectivity index (χ0v) is 11.4. The van der Waals surface area contributed by atoms with E-state index in [-0.39, 0.29) is 11.9 Å². The number of rotatable bonds is 5. The van der Waals surface area contributed by atoms with E-state index in [1.54, 1.807) is 0 Å². The molecule has 1 amide bonds. The maximum Gasteiger partial charge on any atom is 0.237 e. The minimum Gasteiger partial charge on any atom is -0.354 e. The fraction of sp³-hybridized carbons (Fsp3) is 0.923. The largest absolute Gasteiger partial charge is 0.354 e. The van der Waals surface area contributed by atoms with Crippen LogP contribution in [-0.2, 0) is 4.79 Å². The first-order chi connectivity index (χ1) is 8.06. The molecule has 0 aromatic rings. The van der Waals surface area contributed by atoms with Crippen LogP contribution in [0.5, 0.6) is 0 Å². The lowest BCUT2D eigenvalue weighted by Crippen LogP contribution is -2.54. The molecule has 2 atom stereocenters. The van der Waals surface area contributed by atoms with Gasteiger partial charge in [0, 0.05) is 19.1 Å². The van der Waals surface area contributed by atoms with Gasteiger partial charge in [-0.05, 0) is 32.2 Å². The van der Waals surface area contributed by atoms with Gasteiger partial charge in [-0.25, -0.2) is 0 Å². The quantitative estimate of drug-likeness (QED) is 0.754. The molecule has 4 nitrogen and oxygen atoms in total. The summed E-state index contributed by atoms with van der Waals surface area (Å²) in [5.74, 6) is 0.636. The van der Waals surface area contributed by atoms with Gasteiger partial charge in [-0.1, -0.05) is 20.3 Å². The molecule has 1 aliphatic heterocycles. The molecule has 0 bridgehead atoms. The van der Waals surface area contributed by atoms with Gasteiger partial charge in [0.1, 0.15) is 0 Å². The Balaban J connectivity index is 2.48. The number of piperidine rings is 1. The summed E-state index contributed by atoms with van der Waals surface area (Å²) in [5, 5.41) is 3.00. The zero-order valence-electron chi connectivity index (χ0n) is 11.4. The van der Waals surface area contributed by atoms with Gasteiger partial charge >= 0.3 is 0 Å². The van der Waals surface area contributed by atoms with Crippen LogP contribution < -0.4 is 11.1 Å². The van der Waals surface area contributed by atoms with E-state index in [2.05, 4.69) is 24.1 Å². The Morgan fingerprint density at radius 1 is 1.41 bits per heavy atom. The zero-order chi connectivity index (χ0) is 12.8. The normalized spacial score (nSPS) is 23.7. The van der Waals surface area contributed by atoms with Crippen LogP contribution in [0.2, 0.25) is 0 Å². The van der Waals surface area contributed by atoms with Crippen molar-refractivity contribution in [1.29, 1.82) is 0 Å². The summed E-state index contributed by atoms with van der Waals surface area (Å²) in [6, 6.07) is 0.325. The highest BCUT2D eigenvalue weighted by Crippen LogP contribution is 2.18. The third-order valence-corrected chi connectivity index (χ3v) is 3.51. The molecule has 0 spiro atoms. The standard InChI is InChI=1S/C13H27N3O/c1-10(2)9-15-13(17)11(3)16-7-5-4-6-12(16)8-14/h10-12H,4-9,14H2,1-3H3,(H,15,17). The van der Waals surface area contributed by atoms with E-state index in [0.717, 1.165) is 19.5 Å². The molecule has 3 N–H and O–H groups in total. The highest BCUT2D eigenvalue weighted by molar-refractivity contribution is 5.81. The van der Waals surface area contributed by atoms with Crippen LogP contribution >= 0.6 is 0 Å². The molecule has 0 aliphatic carbocycles. The van der Waals surface area contributed by atoms with Gasteiger partial charge in [0.05, 0.1) is 6.04 Å². The van der Waals surface area contributed by atoms with Crippen LogP contribution in [0.25, 0.3) is 0 Å². The van der Waals surface area contributed by atoms with Crippen molar-refractivity contribution in [2.45, 2.75) is 52.1 Å². The number of nitrogens with one attached hydrogen (secondary N) is 1. The molecule has 1 aliphatic rings. The first-order valence-corrected chi connectivity index (χ1v) is 6.79. The van der Waals surface area contributed by atoms with Gasteiger partial charge < -0.3 is 11.1 Å². The Hall–Kier alpha value is -0.610. The lowest BCUT2D eigenvalue weighted by atomic mass is 10.00. The van der Waals surface area contributed by atoms with Crippen LogP contribution in [0.3, 0.4) is 0 Å². The first-order valence-electron chi connectivity index (χ1n) is 6.79. The molecular formula is C13H27N3O. The van der Waals surface area contributed by atoms with Crippen molar-refractivity contribution in [1.82, 2.24) is 10.2 Å². The molecule has 1 saturated heterocycles. The second-order valence-electron chi connectivity index (χ2n) is 5.44. The highest BCUT2D eigenvalue weighted by Gasteiger charge is 2.29. The Labute approximate surface area is 105 Å². The van der Waals surface area contributed by atoms with Crippen molar-refractivity contribution < 1.29 is 4.79 Å². The Morgan fingerprint density at radius 3 is 2.71 bits per heavy atom. The summed E-state index contributed by atoms with van der Waals surface area (Å²) in [7, 11) is 0. The van der Waals surface area contributed by atoms with Crippen LogP contribution in [0.15, 0.2) is 0 Å². The van der Waals surface area contributed by atoms with Crippen molar-refractivity contribution in [2.24, 2.45) is 11.7 Å². The summed E-state index contributed by atoms with van der Waals surface area (Å²) in [6.07, 6.45) is 3.54. The van der Waals surface area contributed by atoms with Gasteiger partial charge in [0.25, 0.3) is 0 Å². The van der Waals surface area contributed by atoms with Crippen molar-refractivity contribution in [3.63, 3.8) is 0 Å². The molecule has 0 saturated carbocycles. The third kappa shape index (κ3) is 4.28. The maximum atomic E-state index is 12.0. The van der Waals surface area contributed by atoms with E-state index in [9.17, 15) is 4.79 Å². The second-order valence-corrected chi connectivity index (χ2v) is 5.44. The molecule has 1 rings (SSSR count). The molecule has 2 unspecified atom stereocenters. The summed E-state index contributed by atoms with van der Waals surface area (Å²) in [5.41, 5.74) is 5.78. The summed E-state index contributed by atoms with van der Waals surface area (Å²) in [6.45, 7) is 8.61. The highest BCUT2D eigenvalue weighted by atomic mass is 16.2. The molecule has 1 heterocycles. The number of hydrogen-bond acceptors (Lipinski definition) is 3. The number of carbonyl (C=O) groups is 1. The number of amides is 1. The topological polar surface area (TPSA) is 58.4 Å². The van der Waals surface area contributed by atoms with E-state index in [4.69, 9.17) is 5.73 Å². The molecule has 4 heteroatoms. The summed E-state index contributed by atoms with van der Waals surface area (Å²) < 4.78 is 0. The fourth-order valence-corrected chi connectivity index (χ4v) is 2.39. The minimum absolute atomic E-state index is 0.0531. The molecular weight excluding hydrogens is 214 g/mol. The number of hydrogen-bond donors (Lipinski definition) is 2. The van der Waals surface area contributed by atoms with Gasteiger partial charge in [-0.3, -0.25) is 9.69 Å². The SMILES string of the molecule is CC(C)CNC(=O)C(C)N1CCCCC1CN. The van der Waals surface area contributed by atoms with Crippen LogP contribution in [-0.4, -0.2) is 42.5 Å². The van der Waals surface area contributed by atoms with Crippen LogP contribution in [0.1, 0.15) is 40.0 Å². The average molecular weight is 241 g/mol. The van der Waals surface area contributed by atoms with Crippen molar-refractivity contribution in [3.05, 3.63) is 0 Å². The molecule has 100 valence electrons. The number of likely N-dealkylation sites (tertiary alicyclic amines) is 1. The van der Waals surface area contributed by atoms with E-state index in [1.165, 1.54) is 12.8 Å². The molecule has 1 fully saturated rings. The average Bonchev–Trinajstić information content (AvgIpc) is 2.34. The number of nitrogens with two attached hydrogens (primary N) is 1. The van der Waals surface area contributed by atoms with Crippen molar-refractivity contribution in [2.75, 3.05) is 19.6 Å². The monoisotopic (exact) mass is 241 g/mol. The summed E-state index contributed by atoms with van der Waals surface area (Å²) >= 11 is 0. The van der Waals surface area contributed by atoms with Gasteiger partial charge in [-0.2, -0.15) is 0 Å². The van der Waals surface area contributed by atoms with E-state index in [0.29, 0.717) is 18.5 Å². The molecule has 0 aromatic carbocycles. The predicted octanol–water partition coefficient (Wildman–Crippen LogP) is 0.960. The van der Waals surface area contributed by atoms with Gasteiger partial charge in [0.15, 0.2) is 0 Å². The number of nitrogens with zero attached hydrogens (tertiary/aromatic N) is 1. The smallest absolute Gasteiger partial charge is 0.237 e. The molecule has 0 radical (unpaired) electrons. The predicted molar refractivity (Wildman–Crippen MR) is 70.7 cm³/mol. The third-order valence-electron chi connectivity index (χ3n) is 3.51.